The molecule has 0 aliphatic carbocycles. The number of fused-ring (bicyclic) bond motifs is 3. The van der Waals surface area contributed by atoms with Crippen LogP contribution in [0.4, 0.5) is 17.2 Å². The summed E-state index contributed by atoms with van der Waals surface area (Å²) in [6.45, 7) is 5.20. The van der Waals surface area contributed by atoms with Gasteiger partial charge in [-0.2, -0.15) is 5.10 Å². The molecule has 1 N–H and O–H groups in total. The summed E-state index contributed by atoms with van der Waals surface area (Å²) in [6, 6.07) is 13.5. The molecule has 0 bridgehead atoms. The molecule has 4 heterocycles. The Balaban J connectivity index is 1.25. The molecule has 5 aromatic rings. The fraction of sp³-hybridized carbons (Fsp3) is 0.207. The van der Waals surface area contributed by atoms with Crippen LogP contribution in [-0.4, -0.2) is 62.2 Å². The van der Waals surface area contributed by atoms with Gasteiger partial charge >= 0.3 is 0 Å². The maximum atomic E-state index is 12.4. The molecule has 0 saturated carbocycles. The molecule has 2 aromatic carbocycles. The van der Waals surface area contributed by atoms with E-state index in [1.807, 2.05) is 69.6 Å². The topological polar surface area (TPSA) is 110 Å². The molecular weight excluding hydrogens is 508 g/mol. The van der Waals surface area contributed by atoms with Crippen LogP contribution >= 0.6 is 0 Å². The van der Waals surface area contributed by atoms with Gasteiger partial charge in [-0.1, -0.05) is 6.08 Å². The average Bonchev–Trinajstić information content (AvgIpc) is 3.41. The molecule has 11 heteroatoms. The van der Waals surface area contributed by atoms with Crippen LogP contribution in [0.3, 0.4) is 0 Å². The van der Waals surface area contributed by atoms with Gasteiger partial charge in [0.05, 0.1) is 11.2 Å². The summed E-state index contributed by atoms with van der Waals surface area (Å²) in [6.07, 6.45) is 8.13. The largest absolute Gasteiger partial charge is 0.471 e. The van der Waals surface area contributed by atoms with Crippen LogP contribution in [0.15, 0.2) is 73.5 Å². The van der Waals surface area contributed by atoms with E-state index in [4.69, 9.17) is 9.47 Å². The summed E-state index contributed by atoms with van der Waals surface area (Å²) in [4.78, 5) is 29.4. The lowest BCUT2D eigenvalue weighted by Gasteiger charge is -2.31. The zero-order chi connectivity index (χ0) is 27.6. The number of aromatic nitrogens is 5. The van der Waals surface area contributed by atoms with Crippen molar-refractivity contribution in [1.82, 2.24) is 29.5 Å². The van der Waals surface area contributed by atoms with Gasteiger partial charge in [0.25, 0.3) is 0 Å². The predicted octanol–water partition coefficient (Wildman–Crippen LogP) is 4.71. The first kappa shape index (κ1) is 25.1. The number of pyridine rings is 1. The van der Waals surface area contributed by atoms with Gasteiger partial charge in [-0.25, -0.2) is 19.5 Å². The number of carbonyl (C=O) groups is 1. The average molecular weight is 537 g/mol. The van der Waals surface area contributed by atoms with Crippen LogP contribution in [-0.2, 0) is 4.79 Å². The first-order valence-corrected chi connectivity index (χ1v) is 12.9. The van der Waals surface area contributed by atoms with E-state index in [1.54, 1.807) is 21.6 Å². The van der Waals surface area contributed by atoms with Gasteiger partial charge in [-0.05, 0) is 55.8 Å². The third-order valence-corrected chi connectivity index (χ3v) is 6.75. The zero-order valence-electron chi connectivity index (χ0n) is 22.4. The van der Waals surface area contributed by atoms with Gasteiger partial charge in [0, 0.05) is 49.5 Å². The highest BCUT2D eigenvalue weighted by molar-refractivity contribution is 5.95. The highest BCUT2D eigenvalue weighted by Crippen LogP contribution is 2.36. The van der Waals surface area contributed by atoms with Crippen molar-refractivity contribution in [3.63, 3.8) is 0 Å². The lowest BCUT2D eigenvalue weighted by Crippen LogP contribution is -2.41. The summed E-state index contributed by atoms with van der Waals surface area (Å²) in [5.41, 5.74) is 4.19. The summed E-state index contributed by atoms with van der Waals surface area (Å²) < 4.78 is 13.9. The van der Waals surface area contributed by atoms with Gasteiger partial charge in [-0.3, -0.25) is 4.79 Å². The minimum absolute atomic E-state index is 0.0722. The number of nitrogens with zero attached hydrogens (tertiary/aromatic N) is 7. The number of anilines is 3. The molecule has 1 aliphatic heterocycles. The van der Waals surface area contributed by atoms with Crippen LogP contribution in [0.5, 0.6) is 17.2 Å². The van der Waals surface area contributed by atoms with Crippen molar-refractivity contribution >= 4 is 39.6 Å². The summed E-state index contributed by atoms with van der Waals surface area (Å²) in [5.74, 6) is 2.70. The molecule has 0 saturated heterocycles. The van der Waals surface area contributed by atoms with Crippen molar-refractivity contribution in [3.05, 3.63) is 79.0 Å². The van der Waals surface area contributed by atoms with E-state index in [9.17, 15) is 4.79 Å². The number of ether oxygens (including phenoxy) is 2. The standard InChI is InChI=1S/C29H28N8O3/c1-4-5-28(38)36-11-10-35(3)24-14-22-23(15-26(24)39-18-36)30-16-32-29(22)34-20-6-7-25(19(2)12-20)40-21-8-9-37-27(13-21)31-17-33-37/h4-9,12-17H,10-11,18H2,1-3H3,(H,30,32,34)/b5-4+. The fourth-order valence-corrected chi connectivity index (χ4v) is 4.58. The first-order chi connectivity index (χ1) is 19.5. The molecule has 1 aliphatic rings. The van der Waals surface area contributed by atoms with Crippen molar-refractivity contribution in [2.24, 2.45) is 0 Å². The summed E-state index contributed by atoms with van der Waals surface area (Å²) >= 11 is 0. The van der Waals surface area contributed by atoms with Crippen LogP contribution < -0.4 is 19.7 Å². The molecule has 3 aromatic heterocycles. The van der Waals surface area contributed by atoms with E-state index in [0.717, 1.165) is 33.6 Å². The molecule has 202 valence electrons. The van der Waals surface area contributed by atoms with Gasteiger partial charge in [-0.15, -0.1) is 0 Å². The number of hydrogen-bond acceptors (Lipinski definition) is 9. The Bertz CT molecular complexity index is 1750. The number of hydrogen-bond donors (Lipinski definition) is 1. The molecule has 0 unspecified atom stereocenters. The number of benzene rings is 2. The monoisotopic (exact) mass is 536 g/mol. The Hall–Kier alpha value is -5.19. The minimum atomic E-state index is -0.0722. The van der Waals surface area contributed by atoms with Gasteiger partial charge in [0.15, 0.2) is 12.4 Å². The number of rotatable bonds is 5. The molecule has 6 rings (SSSR count). The molecule has 0 atom stereocenters. The summed E-state index contributed by atoms with van der Waals surface area (Å²) in [7, 11) is 1.98. The van der Waals surface area contributed by atoms with Crippen molar-refractivity contribution in [1.29, 1.82) is 0 Å². The van der Waals surface area contributed by atoms with E-state index >= 15 is 0 Å². The first-order valence-electron chi connectivity index (χ1n) is 12.9. The molecule has 0 spiro atoms. The highest BCUT2D eigenvalue weighted by atomic mass is 16.5. The maximum absolute atomic E-state index is 12.4. The number of amides is 1. The molecule has 40 heavy (non-hydrogen) atoms. The third kappa shape index (κ3) is 4.96. The van der Waals surface area contributed by atoms with Crippen LogP contribution in [0.1, 0.15) is 12.5 Å². The highest BCUT2D eigenvalue weighted by Gasteiger charge is 2.21. The Kier molecular flexibility index (Phi) is 6.61. The normalized spacial score (nSPS) is 13.7. The number of allylic oxidation sites excluding steroid dienone is 1. The lowest BCUT2D eigenvalue weighted by molar-refractivity contribution is -0.128. The number of likely N-dealkylation sites (N-methyl/N-ethyl adjacent to an activating group) is 1. The maximum Gasteiger partial charge on any atom is 0.248 e. The fourth-order valence-electron chi connectivity index (χ4n) is 4.58. The molecule has 11 nitrogen and oxygen atoms in total. The third-order valence-electron chi connectivity index (χ3n) is 6.75. The quantitative estimate of drug-likeness (QED) is 0.319. The molecule has 0 radical (unpaired) electrons. The van der Waals surface area contributed by atoms with E-state index in [1.165, 1.54) is 12.7 Å². The number of nitrogens with one attached hydrogen (secondary N) is 1. The number of carbonyl (C=O) groups excluding carboxylic acids is 1. The smallest absolute Gasteiger partial charge is 0.248 e. The second kappa shape index (κ2) is 10.5. The molecule has 0 fully saturated rings. The van der Waals surface area contributed by atoms with E-state index in [2.05, 4.69) is 30.3 Å². The Labute approximate surface area is 230 Å². The van der Waals surface area contributed by atoms with E-state index in [0.29, 0.717) is 36.1 Å². The Morgan fingerprint density at radius 3 is 2.83 bits per heavy atom. The van der Waals surface area contributed by atoms with Crippen molar-refractivity contribution in [3.8, 4) is 17.2 Å². The van der Waals surface area contributed by atoms with Gasteiger partial charge in [0.1, 0.15) is 35.7 Å². The predicted molar refractivity (Wildman–Crippen MR) is 152 cm³/mol. The van der Waals surface area contributed by atoms with E-state index < -0.39 is 0 Å². The second-order valence-electron chi connectivity index (χ2n) is 9.49. The molecular formula is C29H28N8O3. The lowest BCUT2D eigenvalue weighted by atomic mass is 10.1. The zero-order valence-corrected chi connectivity index (χ0v) is 22.4. The Morgan fingerprint density at radius 2 is 1.98 bits per heavy atom. The SMILES string of the molecule is C/C=C/C(=O)N1CCN(C)c2cc3c(Nc4ccc(Oc5ccn6ncnc6c5)c(C)c4)ncnc3cc2OC1. The molecule has 1 amide bonds. The Morgan fingerprint density at radius 1 is 1.07 bits per heavy atom. The van der Waals surface area contributed by atoms with Crippen LogP contribution in [0.25, 0.3) is 16.6 Å². The van der Waals surface area contributed by atoms with Crippen molar-refractivity contribution in [2.45, 2.75) is 13.8 Å². The van der Waals surface area contributed by atoms with E-state index in [-0.39, 0.29) is 12.6 Å². The van der Waals surface area contributed by atoms with Gasteiger partial charge in [0.2, 0.25) is 5.91 Å². The minimum Gasteiger partial charge on any atom is -0.471 e. The van der Waals surface area contributed by atoms with Gasteiger partial charge < -0.3 is 24.6 Å². The van der Waals surface area contributed by atoms with Crippen molar-refractivity contribution < 1.29 is 14.3 Å². The van der Waals surface area contributed by atoms with Crippen molar-refractivity contribution in [2.75, 3.05) is 37.1 Å². The van der Waals surface area contributed by atoms with Crippen LogP contribution in [0.2, 0.25) is 0 Å². The summed E-state index contributed by atoms with van der Waals surface area (Å²) in [5, 5.41) is 8.41. The number of aryl methyl sites for hydroxylation is 1. The van der Waals surface area contributed by atoms with Crippen LogP contribution in [0, 0.1) is 6.92 Å². The second-order valence-corrected chi connectivity index (χ2v) is 9.49.